The van der Waals surface area contributed by atoms with Gasteiger partial charge < -0.3 is 33.2 Å². The molecule has 0 spiro atoms. The minimum atomic E-state index is -1.32. The molecule has 1 aliphatic rings. The predicted octanol–water partition coefficient (Wildman–Crippen LogP) is 2.07. The Morgan fingerprint density at radius 2 is 1.56 bits per heavy atom. The molecule has 224 valence electrons. The van der Waals surface area contributed by atoms with E-state index < -0.39 is 54.5 Å². The second kappa shape index (κ2) is 14.4. The number of benzene rings is 1. The summed E-state index contributed by atoms with van der Waals surface area (Å²) in [7, 11) is 1.55. The Hall–Kier alpha value is -4.20. The largest absolute Gasteiger partial charge is 0.493 e. The van der Waals surface area contributed by atoms with Crippen molar-refractivity contribution in [1.82, 2.24) is 15.0 Å². The maximum Gasteiger partial charge on any atom is 0.303 e. The number of rotatable bonds is 12. The van der Waals surface area contributed by atoms with Crippen LogP contribution >= 0.6 is 0 Å². The number of esters is 4. The van der Waals surface area contributed by atoms with Crippen LogP contribution in [0.15, 0.2) is 24.4 Å². The predicted molar refractivity (Wildman–Crippen MR) is 139 cm³/mol. The molecule has 41 heavy (non-hydrogen) atoms. The quantitative estimate of drug-likeness (QED) is 0.266. The monoisotopic (exact) mass is 577 g/mol. The van der Waals surface area contributed by atoms with Gasteiger partial charge in [0.05, 0.1) is 13.3 Å². The van der Waals surface area contributed by atoms with Gasteiger partial charge in [0, 0.05) is 27.7 Å². The molecule has 1 aliphatic heterocycles. The zero-order chi connectivity index (χ0) is 30.1. The van der Waals surface area contributed by atoms with Crippen LogP contribution in [0.4, 0.5) is 0 Å². The van der Waals surface area contributed by atoms with E-state index >= 15 is 0 Å². The molecule has 5 atom stereocenters. The summed E-state index contributed by atoms with van der Waals surface area (Å²) >= 11 is 0. The summed E-state index contributed by atoms with van der Waals surface area (Å²) in [6.07, 6.45) is -2.83. The first-order valence-corrected chi connectivity index (χ1v) is 13.0. The van der Waals surface area contributed by atoms with Crippen molar-refractivity contribution >= 4 is 23.9 Å². The van der Waals surface area contributed by atoms with E-state index in [1.165, 1.54) is 17.8 Å². The highest BCUT2D eigenvalue weighted by Crippen LogP contribution is 2.35. The lowest BCUT2D eigenvalue weighted by Gasteiger charge is -2.44. The third-order valence-corrected chi connectivity index (χ3v) is 5.93. The Morgan fingerprint density at radius 1 is 0.902 bits per heavy atom. The zero-order valence-corrected chi connectivity index (χ0v) is 23.9. The number of carbonyl (C=O) groups is 4. The molecule has 1 aromatic heterocycles. The summed E-state index contributed by atoms with van der Waals surface area (Å²) in [5.41, 5.74) is 1.50. The highest BCUT2D eigenvalue weighted by Gasteiger charge is 2.53. The fourth-order valence-corrected chi connectivity index (χ4v) is 4.35. The van der Waals surface area contributed by atoms with Crippen LogP contribution in [-0.2, 0) is 55.9 Å². The number of nitrogens with zero attached hydrogens (tertiary/aromatic N) is 3. The van der Waals surface area contributed by atoms with E-state index in [1.54, 1.807) is 7.11 Å². The summed E-state index contributed by atoms with van der Waals surface area (Å²) in [5, 5.41) is 8.23. The molecule has 14 nitrogen and oxygen atoms in total. The molecule has 0 radical (unpaired) electrons. The van der Waals surface area contributed by atoms with Gasteiger partial charge in [0.1, 0.15) is 25.0 Å². The van der Waals surface area contributed by atoms with Gasteiger partial charge in [0.15, 0.2) is 36.0 Å². The molecule has 0 bridgehead atoms. The first-order valence-electron chi connectivity index (χ1n) is 13.0. The van der Waals surface area contributed by atoms with E-state index in [-0.39, 0.29) is 13.2 Å². The van der Waals surface area contributed by atoms with Crippen LogP contribution in [0, 0.1) is 0 Å². The van der Waals surface area contributed by atoms with Crippen molar-refractivity contribution in [2.24, 2.45) is 0 Å². The molecular weight excluding hydrogens is 542 g/mol. The zero-order valence-electron chi connectivity index (χ0n) is 23.9. The van der Waals surface area contributed by atoms with Gasteiger partial charge in [-0.1, -0.05) is 24.6 Å². The van der Waals surface area contributed by atoms with Gasteiger partial charge in [-0.3, -0.25) is 19.2 Å². The summed E-state index contributed by atoms with van der Waals surface area (Å²) in [6.45, 7) is 6.40. The fraction of sp³-hybridized carbons (Fsp3) is 0.556. The van der Waals surface area contributed by atoms with E-state index in [9.17, 15) is 19.2 Å². The molecule has 0 saturated carbocycles. The molecule has 2 aromatic rings. The van der Waals surface area contributed by atoms with Crippen molar-refractivity contribution in [3.8, 4) is 11.5 Å². The molecular formula is C27H35N3O11. The standard InChI is InChI=1S/C27H35N3O11/c1-7-8-19-9-10-21(22(11-19)35-6)37-13-20-12-30(29-28-20)27-26(40-18(5)34)25(39-17(4)33)24(38-16(3)32)23(41-27)14-36-15(2)31/h9-12,23-27H,7-8,13-14H2,1-6H3/t23-,24-,25+,26-,27-/m1/s1. The number of methoxy groups -OCH3 is 1. The second-order valence-corrected chi connectivity index (χ2v) is 9.30. The number of aryl methyl sites for hydroxylation is 1. The first-order chi connectivity index (χ1) is 19.5. The van der Waals surface area contributed by atoms with Gasteiger partial charge in [-0.15, -0.1) is 5.10 Å². The summed E-state index contributed by atoms with van der Waals surface area (Å²) in [6, 6.07) is 5.68. The van der Waals surface area contributed by atoms with Gasteiger partial charge in [-0.2, -0.15) is 0 Å². The number of carbonyl (C=O) groups excluding carboxylic acids is 4. The number of hydrogen-bond acceptors (Lipinski definition) is 13. The molecule has 14 heteroatoms. The number of ether oxygens (including phenoxy) is 7. The maximum absolute atomic E-state index is 12.1. The molecule has 0 N–H and O–H groups in total. The van der Waals surface area contributed by atoms with E-state index in [2.05, 4.69) is 17.2 Å². The van der Waals surface area contributed by atoms with Crippen molar-refractivity contribution in [2.45, 2.75) is 84.7 Å². The van der Waals surface area contributed by atoms with Crippen LogP contribution in [0.3, 0.4) is 0 Å². The van der Waals surface area contributed by atoms with Crippen molar-refractivity contribution < 1.29 is 52.3 Å². The Bertz CT molecular complexity index is 1230. The lowest BCUT2D eigenvalue weighted by molar-refractivity contribution is -0.270. The Balaban J connectivity index is 1.90. The Labute approximate surface area is 237 Å². The first kappa shape index (κ1) is 31.3. The SMILES string of the molecule is CCCc1ccc(OCc2cn([C@@H]3O[C@H](COC(C)=O)[C@@H](OC(C)=O)[C@H](OC(C)=O)[C@H]3OC(C)=O)nn2)c(OC)c1. The van der Waals surface area contributed by atoms with E-state index in [1.807, 2.05) is 18.2 Å². The van der Waals surface area contributed by atoms with E-state index in [0.29, 0.717) is 17.2 Å². The molecule has 0 aliphatic carbocycles. The van der Waals surface area contributed by atoms with Gasteiger partial charge in [-0.25, -0.2) is 4.68 Å². The smallest absolute Gasteiger partial charge is 0.303 e. The van der Waals surface area contributed by atoms with Crippen LogP contribution in [-0.4, -0.2) is 77.0 Å². The number of aromatic nitrogens is 3. The Morgan fingerprint density at radius 3 is 2.17 bits per heavy atom. The van der Waals surface area contributed by atoms with Gasteiger partial charge in [0.2, 0.25) is 0 Å². The van der Waals surface area contributed by atoms with Gasteiger partial charge in [0.25, 0.3) is 0 Å². The second-order valence-electron chi connectivity index (χ2n) is 9.30. The van der Waals surface area contributed by atoms with Crippen molar-refractivity contribution in [3.05, 3.63) is 35.7 Å². The summed E-state index contributed by atoms with van der Waals surface area (Å²) in [4.78, 5) is 47.5. The number of hydrogen-bond donors (Lipinski definition) is 0. The van der Waals surface area contributed by atoms with Gasteiger partial charge >= 0.3 is 23.9 Å². The molecule has 1 fully saturated rings. The highest BCUT2D eigenvalue weighted by atomic mass is 16.7. The fourth-order valence-electron chi connectivity index (χ4n) is 4.35. The highest BCUT2D eigenvalue weighted by molar-refractivity contribution is 5.68. The Kier molecular flexibility index (Phi) is 11.0. The van der Waals surface area contributed by atoms with Crippen LogP contribution in [0.25, 0.3) is 0 Å². The lowest BCUT2D eigenvalue weighted by atomic mass is 9.97. The molecule has 1 aromatic carbocycles. The molecule has 3 rings (SSSR count). The van der Waals surface area contributed by atoms with Crippen LogP contribution in [0.2, 0.25) is 0 Å². The minimum Gasteiger partial charge on any atom is -0.493 e. The van der Waals surface area contributed by atoms with Crippen molar-refractivity contribution in [1.29, 1.82) is 0 Å². The van der Waals surface area contributed by atoms with Crippen LogP contribution < -0.4 is 9.47 Å². The normalized spacial score (nSPS) is 21.9. The summed E-state index contributed by atoms with van der Waals surface area (Å²) in [5.74, 6) is -1.71. The van der Waals surface area contributed by atoms with Crippen LogP contribution in [0.5, 0.6) is 11.5 Å². The molecule has 2 heterocycles. The average molecular weight is 578 g/mol. The topological polar surface area (TPSA) is 164 Å². The third-order valence-electron chi connectivity index (χ3n) is 5.93. The third kappa shape index (κ3) is 8.64. The minimum absolute atomic E-state index is 0.00869. The van der Waals surface area contributed by atoms with Gasteiger partial charge in [-0.05, 0) is 24.1 Å². The summed E-state index contributed by atoms with van der Waals surface area (Å²) < 4.78 is 40.1. The molecule has 0 amide bonds. The molecule has 0 unspecified atom stereocenters. The maximum atomic E-state index is 12.1. The average Bonchev–Trinajstić information content (AvgIpc) is 3.37. The van der Waals surface area contributed by atoms with E-state index in [0.717, 1.165) is 39.2 Å². The lowest BCUT2D eigenvalue weighted by Crippen LogP contribution is -2.60. The molecule has 1 saturated heterocycles. The van der Waals surface area contributed by atoms with Crippen molar-refractivity contribution in [3.63, 3.8) is 0 Å². The van der Waals surface area contributed by atoms with E-state index in [4.69, 9.17) is 33.2 Å². The van der Waals surface area contributed by atoms with Crippen LogP contribution in [0.1, 0.15) is 58.5 Å². The van der Waals surface area contributed by atoms with Crippen molar-refractivity contribution in [2.75, 3.05) is 13.7 Å².